The number of carbonyl (C=O) groups excluding carboxylic acids is 2. The van der Waals surface area contributed by atoms with Crippen LogP contribution in [0.25, 0.3) is 0 Å². The Morgan fingerprint density at radius 2 is 2.06 bits per heavy atom. The van der Waals surface area contributed by atoms with E-state index >= 15 is 0 Å². The fourth-order valence-corrected chi connectivity index (χ4v) is 1.96. The molecule has 0 atom stereocenters. The summed E-state index contributed by atoms with van der Waals surface area (Å²) in [5, 5.41) is 10.8. The normalized spacial score (nSPS) is 10.9. The molecule has 1 aromatic rings. The molecule has 96 valence electrons. The third-order valence-corrected chi connectivity index (χ3v) is 3.27. The highest BCUT2D eigenvalue weighted by molar-refractivity contribution is 7.90. The fourth-order valence-electron chi connectivity index (χ4n) is 1.31. The van der Waals surface area contributed by atoms with Gasteiger partial charge in [0.05, 0.1) is 21.8 Å². The molecule has 18 heavy (non-hydrogen) atoms. The molecular formula is C10H9NO6S. The number of ketones is 1. The molecule has 0 aliphatic heterocycles. The number of nitro groups is 1. The smallest absolute Gasteiger partial charge is 0.281 e. The first-order valence-corrected chi connectivity index (χ1v) is 6.62. The van der Waals surface area contributed by atoms with Gasteiger partial charge in [0.15, 0.2) is 15.6 Å². The second kappa shape index (κ2) is 5.05. The van der Waals surface area contributed by atoms with E-state index in [1.165, 1.54) is 0 Å². The Labute approximate surface area is 102 Å². The largest absolute Gasteiger partial charge is 0.303 e. The average molecular weight is 271 g/mol. The zero-order chi connectivity index (χ0) is 13.9. The first kappa shape index (κ1) is 14.0. The second-order valence-corrected chi connectivity index (χ2v) is 5.52. The molecule has 0 amide bonds. The number of hydrogen-bond acceptors (Lipinski definition) is 6. The minimum Gasteiger partial charge on any atom is -0.303 e. The van der Waals surface area contributed by atoms with Crippen molar-refractivity contribution >= 4 is 27.6 Å². The van der Waals surface area contributed by atoms with Crippen molar-refractivity contribution in [3.8, 4) is 0 Å². The minimum absolute atomic E-state index is 0.253. The predicted molar refractivity (Wildman–Crippen MR) is 61.2 cm³/mol. The molecule has 0 N–H and O–H groups in total. The highest BCUT2D eigenvalue weighted by Gasteiger charge is 2.22. The molecule has 0 spiro atoms. The van der Waals surface area contributed by atoms with Gasteiger partial charge in [-0.15, -0.1) is 0 Å². The molecule has 1 rings (SSSR count). The molecule has 0 unspecified atom stereocenters. The second-order valence-electron chi connectivity index (χ2n) is 3.50. The number of rotatable bonds is 5. The van der Waals surface area contributed by atoms with Crippen molar-refractivity contribution in [3.05, 3.63) is 33.9 Å². The van der Waals surface area contributed by atoms with Crippen LogP contribution in [0.3, 0.4) is 0 Å². The highest BCUT2D eigenvalue weighted by atomic mass is 32.2. The maximum Gasteiger partial charge on any atom is 0.281 e. The van der Waals surface area contributed by atoms with Gasteiger partial charge in [0, 0.05) is 12.3 Å². The van der Waals surface area contributed by atoms with E-state index in [4.69, 9.17) is 0 Å². The van der Waals surface area contributed by atoms with Crippen molar-refractivity contribution in [2.75, 3.05) is 6.26 Å². The van der Waals surface area contributed by atoms with Gasteiger partial charge in [0.2, 0.25) is 0 Å². The van der Waals surface area contributed by atoms with Gasteiger partial charge < -0.3 is 4.79 Å². The van der Waals surface area contributed by atoms with E-state index in [0.29, 0.717) is 6.29 Å². The maximum absolute atomic E-state index is 11.4. The Hall–Kier alpha value is -2.09. The summed E-state index contributed by atoms with van der Waals surface area (Å²) in [6.07, 6.45) is 0.745. The minimum atomic E-state index is -3.60. The monoisotopic (exact) mass is 271 g/mol. The van der Waals surface area contributed by atoms with E-state index in [-0.39, 0.29) is 10.5 Å². The van der Waals surface area contributed by atoms with Crippen LogP contribution in [-0.2, 0) is 14.6 Å². The zero-order valence-corrected chi connectivity index (χ0v) is 10.1. The van der Waals surface area contributed by atoms with Crippen molar-refractivity contribution in [2.45, 2.75) is 11.3 Å². The van der Waals surface area contributed by atoms with Gasteiger partial charge >= 0.3 is 0 Å². The standard InChI is InChI=1S/C10H9NO6S/c1-18(16,17)7-2-3-8(10(13)4-5-12)9(6-7)11(14)15/h2-3,5-6H,4H2,1H3. The predicted octanol–water partition coefficient (Wildman–Crippen LogP) is 0.770. The third-order valence-electron chi connectivity index (χ3n) is 2.16. The highest BCUT2D eigenvalue weighted by Crippen LogP contribution is 2.24. The average Bonchev–Trinajstić information content (AvgIpc) is 2.27. The molecule has 0 aliphatic carbocycles. The Kier molecular flexibility index (Phi) is 3.92. The van der Waals surface area contributed by atoms with Gasteiger partial charge in [0.25, 0.3) is 5.69 Å². The van der Waals surface area contributed by atoms with Crippen molar-refractivity contribution in [2.24, 2.45) is 0 Å². The molecule has 0 heterocycles. The van der Waals surface area contributed by atoms with E-state index in [1.54, 1.807) is 0 Å². The summed E-state index contributed by atoms with van der Waals surface area (Å²) < 4.78 is 22.5. The molecule has 0 bridgehead atoms. The molecule has 7 nitrogen and oxygen atoms in total. The number of benzene rings is 1. The van der Waals surface area contributed by atoms with Crippen LogP contribution in [0.15, 0.2) is 23.1 Å². The zero-order valence-electron chi connectivity index (χ0n) is 9.32. The Morgan fingerprint density at radius 3 is 2.50 bits per heavy atom. The number of hydrogen-bond donors (Lipinski definition) is 0. The summed E-state index contributed by atoms with van der Waals surface area (Å²) in [7, 11) is -3.60. The number of sulfone groups is 1. The van der Waals surface area contributed by atoms with Gasteiger partial charge in [-0.05, 0) is 12.1 Å². The van der Waals surface area contributed by atoms with Crippen LogP contribution in [0, 0.1) is 10.1 Å². The van der Waals surface area contributed by atoms with Crippen LogP contribution < -0.4 is 0 Å². The lowest BCUT2D eigenvalue weighted by Gasteiger charge is -2.02. The van der Waals surface area contributed by atoms with E-state index < -0.39 is 32.7 Å². The molecule has 0 aliphatic rings. The molecule has 0 fully saturated rings. The van der Waals surface area contributed by atoms with Crippen molar-refractivity contribution < 1.29 is 22.9 Å². The van der Waals surface area contributed by atoms with Crippen LogP contribution in [0.5, 0.6) is 0 Å². The summed E-state index contributed by atoms with van der Waals surface area (Å²) in [4.78, 5) is 31.3. The molecule has 0 saturated heterocycles. The summed E-state index contributed by atoms with van der Waals surface area (Å²) in [6.45, 7) is 0. The lowest BCUT2D eigenvalue weighted by atomic mass is 10.1. The molecule has 1 aromatic carbocycles. The molecule has 0 saturated carbocycles. The number of Topliss-reactive ketones (excluding diaryl/α,β-unsaturated/α-hetero) is 1. The molecular weight excluding hydrogens is 262 g/mol. The molecule has 8 heteroatoms. The Morgan fingerprint density at radius 1 is 1.44 bits per heavy atom. The van der Waals surface area contributed by atoms with Crippen LogP contribution in [0.4, 0.5) is 5.69 Å². The fraction of sp³-hybridized carbons (Fsp3) is 0.200. The first-order chi connectivity index (χ1) is 8.27. The van der Waals surface area contributed by atoms with Gasteiger partial charge in [-0.25, -0.2) is 8.42 Å². The quantitative estimate of drug-likeness (QED) is 0.257. The number of carbonyl (C=O) groups is 2. The van der Waals surface area contributed by atoms with Gasteiger partial charge in [-0.2, -0.15) is 0 Å². The number of nitrogens with zero attached hydrogens (tertiary/aromatic N) is 1. The van der Waals surface area contributed by atoms with Crippen LogP contribution in [0.1, 0.15) is 16.8 Å². The number of aldehydes is 1. The molecule has 0 radical (unpaired) electrons. The van der Waals surface area contributed by atoms with Crippen LogP contribution >= 0.6 is 0 Å². The summed E-state index contributed by atoms with van der Waals surface area (Å²) >= 11 is 0. The number of nitro benzene ring substituents is 1. The van der Waals surface area contributed by atoms with Gasteiger partial charge in [-0.3, -0.25) is 14.9 Å². The van der Waals surface area contributed by atoms with E-state index in [2.05, 4.69) is 0 Å². The van der Waals surface area contributed by atoms with Crippen molar-refractivity contribution in [1.29, 1.82) is 0 Å². The SMILES string of the molecule is CS(=O)(=O)c1ccc(C(=O)CC=O)c([N+](=O)[O-])c1. The lowest BCUT2D eigenvalue weighted by molar-refractivity contribution is -0.385. The van der Waals surface area contributed by atoms with Crippen LogP contribution in [-0.4, -0.2) is 31.7 Å². The lowest BCUT2D eigenvalue weighted by Crippen LogP contribution is -2.06. The van der Waals surface area contributed by atoms with Crippen LogP contribution in [0.2, 0.25) is 0 Å². The Balaban J connectivity index is 3.43. The van der Waals surface area contributed by atoms with E-state index in [9.17, 15) is 28.1 Å². The maximum atomic E-state index is 11.4. The van der Waals surface area contributed by atoms with Gasteiger partial charge in [0.1, 0.15) is 6.29 Å². The molecule has 0 aromatic heterocycles. The summed E-state index contributed by atoms with van der Waals surface area (Å²) in [5.74, 6) is -0.725. The van der Waals surface area contributed by atoms with Crippen molar-refractivity contribution in [3.63, 3.8) is 0 Å². The third kappa shape index (κ3) is 2.98. The summed E-state index contributed by atoms with van der Waals surface area (Å²) in [5.41, 5.74) is -0.899. The topological polar surface area (TPSA) is 111 Å². The Bertz CT molecular complexity index is 619. The first-order valence-electron chi connectivity index (χ1n) is 4.72. The van der Waals surface area contributed by atoms with E-state index in [0.717, 1.165) is 24.5 Å². The summed E-state index contributed by atoms with van der Waals surface area (Å²) in [6, 6.07) is 2.95. The van der Waals surface area contributed by atoms with Crippen molar-refractivity contribution in [1.82, 2.24) is 0 Å². The van der Waals surface area contributed by atoms with E-state index in [1.807, 2.05) is 0 Å². The van der Waals surface area contributed by atoms with Gasteiger partial charge in [-0.1, -0.05) is 0 Å².